The third-order valence-corrected chi connectivity index (χ3v) is 4.46. The fourth-order valence-corrected chi connectivity index (χ4v) is 2.89. The summed E-state index contributed by atoms with van der Waals surface area (Å²) >= 11 is 0. The summed E-state index contributed by atoms with van der Waals surface area (Å²) in [5.74, 6) is -0.950. The maximum atomic E-state index is 11.8. The fourth-order valence-electron chi connectivity index (χ4n) is 2.89. The summed E-state index contributed by atoms with van der Waals surface area (Å²) < 4.78 is 10.9. The Bertz CT molecular complexity index is 430. The summed E-state index contributed by atoms with van der Waals surface area (Å²) in [5.41, 5.74) is -1.60. The minimum Gasteiger partial charge on any atom is -0.455 e. The molecule has 2 fully saturated rings. The average Bonchev–Trinajstić information content (AvgIpc) is 2.58. The lowest BCUT2D eigenvalue weighted by molar-refractivity contribution is -0.197. The summed E-state index contributed by atoms with van der Waals surface area (Å²) in [5, 5.41) is 0. The molecule has 1 aliphatic heterocycles. The van der Waals surface area contributed by atoms with Gasteiger partial charge in [-0.1, -0.05) is 6.92 Å². The highest BCUT2D eigenvalue weighted by Gasteiger charge is 2.60. The maximum absolute atomic E-state index is 11.8. The zero-order valence-corrected chi connectivity index (χ0v) is 11.7. The topological polar surface area (TPSA) is 69.7 Å². The maximum Gasteiger partial charge on any atom is 0.313 e. The van der Waals surface area contributed by atoms with Gasteiger partial charge in [-0.15, -0.1) is 0 Å². The summed E-state index contributed by atoms with van der Waals surface area (Å²) in [4.78, 5) is 34.7. The highest BCUT2D eigenvalue weighted by atomic mass is 16.6. The molecule has 5 heteroatoms. The molecule has 2 rings (SSSR count). The van der Waals surface area contributed by atoms with Gasteiger partial charge in [-0.25, -0.2) is 0 Å². The first-order valence-electron chi connectivity index (χ1n) is 6.76. The Morgan fingerprint density at radius 2 is 2.11 bits per heavy atom. The second kappa shape index (κ2) is 4.62. The van der Waals surface area contributed by atoms with E-state index in [4.69, 9.17) is 9.47 Å². The Kier molecular flexibility index (Phi) is 3.41. The minimum absolute atomic E-state index is 0.0750. The molecule has 3 atom stereocenters. The van der Waals surface area contributed by atoms with Crippen molar-refractivity contribution in [1.29, 1.82) is 0 Å². The van der Waals surface area contributed by atoms with Crippen molar-refractivity contribution in [2.24, 2.45) is 5.92 Å². The van der Waals surface area contributed by atoms with Crippen molar-refractivity contribution < 1.29 is 23.9 Å². The SMILES string of the molecule is CCC(=O)CC(=O)OC1(C)CCC2CC1(C)OC2=O. The first-order valence-corrected chi connectivity index (χ1v) is 6.76. The van der Waals surface area contributed by atoms with E-state index in [0.717, 1.165) is 0 Å². The molecule has 19 heavy (non-hydrogen) atoms. The predicted molar refractivity (Wildman–Crippen MR) is 66.3 cm³/mol. The van der Waals surface area contributed by atoms with Crippen LogP contribution in [0.3, 0.4) is 0 Å². The molecule has 0 aromatic carbocycles. The van der Waals surface area contributed by atoms with Crippen LogP contribution < -0.4 is 0 Å². The van der Waals surface area contributed by atoms with Crippen LogP contribution in [0.15, 0.2) is 0 Å². The fraction of sp³-hybridized carbons (Fsp3) is 0.786. The highest BCUT2D eigenvalue weighted by Crippen LogP contribution is 2.50. The number of hydrogen-bond donors (Lipinski definition) is 0. The lowest BCUT2D eigenvalue weighted by atomic mass is 9.71. The smallest absolute Gasteiger partial charge is 0.313 e. The summed E-state index contributed by atoms with van der Waals surface area (Å²) in [6.07, 6.45) is 1.95. The second-order valence-electron chi connectivity index (χ2n) is 5.87. The van der Waals surface area contributed by atoms with Crippen molar-refractivity contribution in [3.8, 4) is 0 Å². The van der Waals surface area contributed by atoms with Crippen LogP contribution in [0, 0.1) is 5.92 Å². The number of rotatable bonds is 4. The summed E-state index contributed by atoms with van der Waals surface area (Å²) in [6.45, 7) is 5.30. The van der Waals surface area contributed by atoms with Crippen LogP contribution >= 0.6 is 0 Å². The number of esters is 2. The molecule has 1 aliphatic carbocycles. The predicted octanol–water partition coefficient (Wildman–Crippen LogP) is 1.77. The van der Waals surface area contributed by atoms with Gasteiger partial charge in [-0.2, -0.15) is 0 Å². The zero-order valence-electron chi connectivity index (χ0n) is 11.7. The van der Waals surface area contributed by atoms with E-state index in [0.29, 0.717) is 25.7 Å². The molecule has 0 radical (unpaired) electrons. The molecule has 5 nitrogen and oxygen atoms in total. The Balaban J connectivity index is 2.08. The van der Waals surface area contributed by atoms with E-state index >= 15 is 0 Å². The van der Waals surface area contributed by atoms with Gasteiger partial charge in [0.05, 0.1) is 5.92 Å². The second-order valence-corrected chi connectivity index (χ2v) is 5.87. The molecule has 2 aliphatic rings. The monoisotopic (exact) mass is 268 g/mol. The van der Waals surface area contributed by atoms with Crippen molar-refractivity contribution in [3.63, 3.8) is 0 Å². The quantitative estimate of drug-likeness (QED) is 0.574. The van der Waals surface area contributed by atoms with E-state index in [-0.39, 0.29) is 24.1 Å². The Hall–Kier alpha value is -1.39. The molecular weight excluding hydrogens is 248 g/mol. The largest absolute Gasteiger partial charge is 0.455 e. The van der Waals surface area contributed by atoms with Crippen LogP contribution in [-0.4, -0.2) is 28.9 Å². The van der Waals surface area contributed by atoms with Gasteiger partial charge in [0.25, 0.3) is 0 Å². The molecule has 0 aromatic heterocycles. The van der Waals surface area contributed by atoms with Gasteiger partial charge in [0.2, 0.25) is 0 Å². The van der Waals surface area contributed by atoms with Gasteiger partial charge in [0.15, 0.2) is 0 Å². The van der Waals surface area contributed by atoms with Gasteiger partial charge < -0.3 is 9.47 Å². The number of hydrogen-bond acceptors (Lipinski definition) is 5. The van der Waals surface area contributed by atoms with Crippen LogP contribution in [0.25, 0.3) is 0 Å². The minimum atomic E-state index is -0.833. The first kappa shape index (κ1) is 14.0. The number of ketones is 1. The van der Waals surface area contributed by atoms with Crippen molar-refractivity contribution in [2.45, 2.75) is 64.1 Å². The molecule has 2 bridgehead atoms. The molecule has 0 amide bonds. The molecular formula is C14H20O5. The number of carbonyl (C=O) groups excluding carboxylic acids is 3. The molecule has 0 N–H and O–H groups in total. The van der Waals surface area contributed by atoms with E-state index in [9.17, 15) is 14.4 Å². The van der Waals surface area contributed by atoms with Crippen LogP contribution in [0.5, 0.6) is 0 Å². The Morgan fingerprint density at radius 3 is 2.74 bits per heavy atom. The normalized spacial score (nSPS) is 36.8. The average molecular weight is 268 g/mol. The van der Waals surface area contributed by atoms with Crippen molar-refractivity contribution in [1.82, 2.24) is 0 Å². The van der Waals surface area contributed by atoms with E-state index < -0.39 is 17.2 Å². The van der Waals surface area contributed by atoms with E-state index in [1.807, 2.05) is 0 Å². The third kappa shape index (κ3) is 2.38. The number of ether oxygens (including phenoxy) is 2. The molecule has 0 spiro atoms. The molecule has 0 aromatic rings. The van der Waals surface area contributed by atoms with Gasteiger partial charge in [0.1, 0.15) is 23.4 Å². The number of fused-ring (bicyclic) bond motifs is 2. The summed E-state index contributed by atoms with van der Waals surface area (Å²) in [6, 6.07) is 0. The zero-order chi connectivity index (χ0) is 14.3. The van der Waals surface area contributed by atoms with Crippen LogP contribution in [-0.2, 0) is 23.9 Å². The lowest BCUT2D eigenvalue weighted by Crippen LogP contribution is -2.54. The third-order valence-electron chi connectivity index (χ3n) is 4.46. The Labute approximate surface area is 112 Å². The van der Waals surface area contributed by atoms with E-state index in [2.05, 4.69) is 0 Å². The Morgan fingerprint density at radius 1 is 1.42 bits per heavy atom. The van der Waals surface area contributed by atoms with Crippen molar-refractivity contribution in [3.05, 3.63) is 0 Å². The first-order chi connectivity index (χ1) is 8.79. The van der Waals surface area contributed by atoms with Crippen LogP contribution in [0.2, 0.25) is 0 Å². The highest BCUT2D eigenvalue weighted by molar-refractivity contribution is 5.95. The summed E-state index contributed by atoms with van der Waals surface area (Å²) in [7, 11) is 0. The number of Topliss-reactive ketones (excluding diaryl/α,β-unsaturated/α-hetero) is 1. The van der Waals surface area contributed by atoms with E-state index in [1.165, 1.54) is 0 Å². The van der Waals surface area contributed by atoms with Gasteiger partial charge in [-0.3, -0.25) is 14.4 Å². The van der Waals surface area contributed by atoms with Gasteiger partial charge in [0, 0.05) is 12.8 Å². The van der Waals surface area contributed by atoms with Crippen molar-refractivity contribution >= 4 is 17.7 Å². The van der Waals surface area contributed by atoms with Gasteiger partial charge in [-0.05, 0) is 26.7 Å². The van der Waals surface area contributed by atoms with Crippen molar-refractivity contribution in [2.75, 3.05) is 0 Å². The standard InChI is InChI=1S/C14H20O5/c1-4-10(15)7-11(16)18-13(2)6-5-9-8-14(13,3)19-12(9)17/h9H,4-8H2,1-3H3. The molecule has 1 saturated heterocycles. The lowest BCUT2D eigenvalue weighted by Gasteiger charge is -2.43. The van der Waals surface area contributed by atoms with Crippen LogP contribution in [0.1, 0.15) is 52.9 Å². The van der Waals surface area contributed by atoms with Crippen LogP contribution in [0.4, 0.5) is 0 Å². The molecule has 106 valence electrons. The number of carbonyl (C=O) groups is 3. The molecule has 1 heterocycles. The van der Waals surface area contributed by atoms with E-state index in [1.54, 1.807) is 20.8 Å². The molecule has 3 unspecified atom stereocenters. The molecule has 1 saturated carbocycles. The van der Waals surface area contributed by atoms with Gasteiger partial charge >= 0.3 is 11.9 Å².